The monoisotopic (exact) mass is 438 g/mol. The fourth-order valence-corrected chi connectivity index (χ4v) is 3.59. The van der Waals surface area contributed by atoms with Crippen molar-refractivity contribution in [2.45, 2.75) is 19.8 Å². The van der Waals surface area contributed by atoms with Crippen LogP contribution in [0.2, 0.25) is 0 Å². The van der Waals surface area contributed by atoms with Gasteiger partial charge in [-0.1, -0.05) is 19.1 Å². The summed E-state index contributed by atoms with van der Waals surface area (Å²) in [6.07, 6.45) is 1.46. The van der Waals surface area contributed by atoms with Crippen molar-refractivity contribution in [1.29, 1.82) is 0 Å². The van der Waals surface area contributed by atoms with Crippen molar-refractivity contribution in [3.63, 3.8) is 0 Å². The summed E-state index contributed by atoms with van der Waals surface area (Å²) in [5, 5.41) is 3.14. The summed E-state index contributed by atoms with van der Waals surface area (Å²) in [6, 6.07) is 12.5. The van der Waals surface area contributed by atoms with Crippen molar-refractivity contribution >= 4 is 23.1 Å². The van der Waals surface area contributed by atoms with Crippen molar-refractivity contribution in [3.05, 3.63) is 53.7 Å². The van der Waals surface area contributed by atoms with E-state index in [4.69, 9.17) is 18.9 Å². The molecule has 168 valence electrons. The number of amides is 2. The summed E-state index contributed by atoms with van der Waals surface area (Å²) in [4.78, 5) is 27.7. The third kappa shape index (κ3) is 4.40. The summed E-state index contributed by atoms with van der Waals surface area (Å²) in [6.45, 7) is 3.54. The topological polar surface area (TPSA) is 86.3 Å². The number of carbonyl (C=O) groups excluding carboxylic acids is 2. The Labute approximate surface area is 186 Å². The minimum Gasteiger partial charge on any atom is -0.494 e. The Hall–Kier alpha value is -3.52. The second-order valence-electron chi connectivity index (χ2n) is 7.42. The number of imide groups is 1. The van der Waals surface area contributed by atoms with Crippen LogP contribution in [-0.4, -0.2) is 50.4 Å². The fraction of sp³-hybridized carbons (Fsp3) is 0.333. The van der Waals surface area contributed by atoms with Gasteiger partial charge in [-0.15, -0.1) is 0 Å². The average Bonchev–Trinajstić information content (AvgIpc) is 3.36. The molecule has 0 unspecified atom stereocenters. The van der Waals surface area contributed by atoms with Gasteiger partial charge in [-0.3, -0.25) is 14.5 Å². The quantitative estimate of drug-likeness (QED) is 0.449. The van der Waals surface area contributed by atoms with Crippen LogP contribution < -0.4 is 19.5 Å². The molecule has 2 aliphatic heterocycles. The van der Waals surface area contributed by atoms with Gasteiger partial charge in [0.1, 0.15) is 11.4 Å². The van der Waals surface area contributed by atoms with Gasteiger partial charge in [0.25, 0.3) is 11.8 Å². The standard InChI is InChI=1S/C24H26N2O6/c1-3-12-30-18-8-5-16(6-9-18)21-22(24(28)26(23(21)27)11-4-13-29-2)25-17-7-10-19-20(14-17)32-15-31-19/h5-10,14,25H,3-4,11-13,15H2,1-2H3. The number of benzene rings is 2. The van der Waals surface area contributed by atoms with Gasteiger partial charge in [0.2, 0.25) is 6.79 Å². The average molecular weight is 438 g/mol. The van der Waals surface area contributed by atoms with Crippen LogP contribution in [0.25, 0.3) is 5.57 Å². The van der Waals surface area contributed by atoms with Crippen LogP contribution in [0, 0.1) is 0 Å². The maximum absolute atomic E-state index is 13.2. The number of hydrogen-bond acceptors (Lipinski definition) is 7. The maximum Gasteiger partial charge on any atom is 0.278 e. The molecule has 4 rings (SSSR count). The molecule has 0 spiro atoms. The number of hydrogen-bond donors (Lipinski definition) is 1. The summed E-state index contributed by atoms with van der Waals surface area (Å²) < 4.78 is 21.5. The molecule has 0 saturated heterocycles. The predicted molar refractivity (Wildman–Crippen MR) is 119 cm³/mol. The molecule has 0 aromatic heterocycles. The lowest BCUT2D eigenvalue weighted by molar-refractivity contribution is -0.137. The molecule has 2 heterocycles. The van der Waals surface area contributed by atoms with E-state index in [1.165, 1.54) is 4.90 Å². The smallest absolute Gasteiger partial charge is 0.278 e. The number of nitrogens with one attached hydrogen (secondary N) is 1. The second-order valence-corrected chi connectivity index (χ2v) is 7.42. The van der Waals surface area contributed by atoms with E-state index in [0.29, 0.717) is 48.0 Å². The highest BCUT2D eigenvalue weighted by molar-refractivity contribution is 6.36. The van der Waals surface area contributed by atoms with E-state index < -0.39 is 0 Å². The Morgan fingerprint density at radius 2 is 1.78 bits per heavy atom. The van der Waals surface area contributed by atoms with Crippen LogP contribution in [0.4, 0.5) is 5.69 Å². The highest BCUT2D eigenvalue weighted by Crippen LogP contribution is 2.36. The zero-order chi connectivity index (χ0) is 22.5. The van der Waals surface area contributed by atoms with E-state index in [0.717, 1.165) is 12.2 Å². The molecule has 1 N–H and O–H groups in total. The Morgan fingerprint density at radius 1 is 1.00 bits per heavy atom. The molecule has 8 heteroatoms. The molecular weight excluding hydrogens is 412 g/mol. The molecular formula is C24H26N2O6. The Morgan fingerprint density at radius 3 is 2.53 bits per heavy atom. The minimum atomic E-state index is -0.370. The molecule has 8 nitrogen and oxygen atoms in total. The van der Waals surface area contributed by atoms with E-state index in [9.17, 15) is 9.59 Å². The van der Waals surface area contributed by atoms with Gasteiger partial charge in [0.15, 0.2) is 11.5 Å². The number of carbonyl (C=O) groups is 2. The number of fused-ring (bicyclic) bond motifs is 1. The SMILES string of the molecule is CCCOc1ccc(C2=C(Nc3ccc4c(c3)OCO4)C(=O)N(CCCOC)C2=O)cc1. The van der Waals surface area contributed by atoms with Crippen LogP contribution in [0.1, 0.15) is 25.3 Å². The molecule has 0 saturated carbocycles. The lowest BCUT2D eigenvalue weighted by atomic mass is 10.0. The summed E-state index contributed by atoms with van der Waals surface area (Å²) >= 11 is 0. The van der Waals surface area contributed by atoms with Gasteiger partial charge in [-0.05, 0) is 42.7 Å². The number of methoxy groups -OCH3 is 1. The lowest BCUT2D eigenvalue weighted by Gasteiger charge is -2.15. The van der Waals surface area contributed by atoms with Gasteiger partial charge < -0.3 is 24.3 Å². The van der Waals surface area contributed by atoms with Crippen LogP contribution in [0.5, 0.6) is 17.2 Å². The molecule has 2 amide bonds. The van der Waals surface area contributed by atoms with Gasteiger partial charge in [-0.2, -0.15) is 0 Å². The molecule has 0 radical (unpaired) electrons. The second kappa shape index (κ2) is 9.74. The summed E-state index contributed by atoms with van der Waals surface area (Å²) in [7, 11) is 1.59. The van der Waals surface area contributed by atoms with Crippen LogP contribution in [0.3, 0.4) is 0 Å². The van der Waals surface area contributed by atoms with E-state index in [1.807, 2.05) is 19.1 Å². The maximum atomic E-state index is 13.2. The lowest BCUT2D eigenvalue weighted by Crippen LogP contribution is -2.33. The zero-order valence-electron chi connectivity index (χ0n) is 18.2. The fourth-order valence-electron chi connectivity index (χ4n) is 3.59. The highest BCUT2D eigenvalue weighted by atomic mass is 16.7. The van der Waals surface area contributed by atoms with Crippen molar-refractivity contribution in [2.24, 2.45) is 0 Å². The van der Waals surface area contributed by atoms with Crippen molar-refractivity contribution in [3.8, 4) is 17.2 Å². The number of anilines is 1. The zero-order valence-corrected chi connectivity index (χ0v) is 18.2. The molecule has 0 aliphatic carbocycles. The van der Waals surface area contributed by atoms with Gasteiger partial charge >= 0.3 is 0 Å². The van der Waals surface area contributed by atoms with Crippen LogP contribution in [-0.2, 0) is 14.3 Å². The first kappa shape index (κ1) is 21.7. The molecule has 0 atom stereocenters. The Bertz CT molecular complexity index is 1030. The van der Waals surface area contributed by atoms with Crippen molar-refractivity contribution < 1.29 is 28.5 Å². The van der Waals surface area contributed by atoms with Gasteiger partial charge in [-0.25, -0.2) is 0 Å². The first-order valence-corrected chi connectivity index (χ1v) is 10.6. The number of nitrogens with zero attached hydrogens (tertiary/aromatic N) is 1. The van der Waals surface area contributed by atoms with Crippen molar-refractivity contribution in [1.82, 2.24) is 4.90 Å². The Balaban J connectivity index is 1.65. The minimum absolute atomic E-state index is 0.157. The molecule has 2 aromatic rings. The third-order valence-electron chi connectivity index (χ3n) is 5.16. The largest absolute Gasteiger partial charge is 0.494 e. The first-order valence-electron chi connectivity index (χ1n) is 10.6. The number of ether oxygens (including phenoxy) is 4. The normalized spacial score (nSPS) is 15.0. The predicted octanol–water partition coefficient (Wildman–Crippen LogP) is 3.43. The molecule has 2 aromatic carbocycles. The van der Waals surface area contributed by atoms with Gasteiger partial charge in [0.05, 0.1) is 12.2 Å². The molecule has 32 heavy (non-hydrogen) atoms. The van der Waals surface area contributed by atoms with E-state index >= 15 is 0 Å². The molecule has 2 aliphatic rings. The van der Waals surface area contributed by atoms with E-state index in [-0.39, 0.29) is 30.8 Å². The molecule has 0 fully saturated rings. The Kier molecular flexibility index (Phi) is 6.61. The van der Waals surface area contributed by atoms with Gasteiger partial charge in [0, 0.05) is 32.0 Å². The number of rotatable bonds is 10. The molecule has 0 bridgehead atoms. The third-order valence-corrected chi connectivity index (χ3v) is 5.16. The van der Waals surface area contributed by atoms with Crippen molar-refractivity contribution in [2.75, 3.05) is 39.0 Å². The van der Waals surface area contributed by atoms with E-state index in [1.54, 1.807) is 37.4 Å². The summed E-state index contributed by atoms with van der Waals surface area (Å²) in [5.41, 5.74) is 1.83. The first-order chi connectivity index (χ1) is 15.6. The summed E-state index contributed by atoms with van der Waals surface area (Å²) in [5.74, 6) is 1.24. The van der Waals surface area contributed by atoms with Crippen LogP contribution in [0.15, 0.2) is 48.2 Å². The highest BCUT2D eigenvalue weighted by Gasteiger charge is 2.39. The van der Waals surface area contributed by atoms with E-state index in [2.05, 4.69) is 5.32 Å². The van der Waals surface area contributed by atoms with Crippen LogP contribution >= 0.6 is 0 Å².